The molecule has 2 N–H and O–H groups in total. The summed E-state index contributed by atoms with van der Waals surface area (Å²) in [5, 5.41) is 12.2. The van der Waals surface area contributed by atoms with Gasteiger partial charge < -0.3 is 10.4 Å². The molecule has 1 fully saturated rings. The summed E-state index contributed by atoms with van der Waals surface area (Å²) in [6.07, 6.45) is 7.38. The highest BCUT2D eigenvalue weighted by Gasteiger charge is 2.37. The Hall–Kier alpha value is -2.21. The Morgan fingerprint density at radius 1 is 1.35 bits per heavy atom. The number of aryl methyl sites for hydroxylation is 1. The second-order valence-corrected chi connectivity index (χ2v) is 7.13. The molecular weight excluding hydrogens is 312 g/mol. The highest BCUT2D eigenvalue weighted by Crippen LogP contribution is 2.39. The lowest BCUT2D eigenvalue weighted by Gasteiger charge is -2.30. The SMILES string of the molecule is Cc1sc(C(=O)O)cc1C(=O)NC1(c2cccnc2)CCCC1. The van der Waals surface area contributed by atoms with E-state index in [1.807, 2.05) is 12.1 Å². The minimum Gasteiger partial charge on any atom is -0.477 e. The van der Waals surface area contributed by atoms with Gasteiger partial charge in [-0.3, -0.25) is 9.78 Å². The van der Waals surface area contributed by atoms with Gasteiger partial charge >= 0.3 is 5.97 Å². The minimum absolute atomic E-state index is 0.189. The third-order valence-electron chi connectivity index (χ3n) is 4.40. The molecule has 2 aromatic heterocycles. The quantitative estimate of drug-likeness (QED) is 0.901. The molecule has 2 aromatic rings. The molecule has 1 aliphatic carbocycles. The van der Waals surface area contributed by atoms with Crippen LogP contribution in [-0.4, -0.2) is 22.0 Å². The Morgan fingerprint density at radius 2 is 2.09 bits per heavy atom. The standard InChI is InChI=1S/C17H18N2O3S/c1-11-13(9-14(23-11)16(21)22)15(20)19-17(6-2-3-7-17)12-5-4-8-18-10-12/h4-5,8-10H,2-3,6-7H2,1H3,(H,19,20)(H,21,22). The molecule has 0 atom stereocenters. The molecule has 1 saturated carbocycles. The first-order chi connectivity index (χ1) is 11.0. The fraction of sp³-hybridized carbons (Fsp3) is 0.353. The van der Waals surface area contributed by atoms with Crippen molar-refractivity contribution in [3.63, 3.8) is 0 Å². The summed E-state index contributed by atoms with van der Waals surface area (Å²) in [4.78, 5) is 28.9. The molecule has 1 amide bonds. The molecule has 5 nitrogen and oxygen atoms in total. The van der Waals surface area contributed by atoms with Crippen molar-refractivity contribution in [2.75, 3.05) is 0 Å². The van der Waals surface area contributed by atoms with E-state index in [0.29, 0.717) is 5.56 Å². The molecule has 0 unspecified atom stereocenters. The summed E-state index contributed by atoms with van der Waals surface area (Å²) >= 11 is 1.13. The van der Waals surface area contributed by atoms with Crippen LogP contribution in [0.25, 0.3) is 0 Å². The fourth-order valence-electron chi connectivity index (χ4n) is 3.21. The number of nitrogens with zero attached hydrogens (tertiary/aromatic N) is 1. The van der Waals surface area contributed by atoms with Crippen LogP contribution in [0.1, 0.15) is 56.2 Å². The van der Waals surface area contributed by atoms with Crippen molar-refractivity contribution in [3.05, 3.63) is 51.5 Å². The molecule has 0 saturated heterocycles. The number of thiophene rings is 1. The molecule has 0 aliphatic heterocycles. The van der Waals surface area contributed by atoms with Gasteiger partial charge in [-0.1, -0.05) is 18.9 Å². The van der Waals surface area contributed by atoms with Gasteiger partial charge in [0.1, 0.15) is 4.88 Å². The number of carboxylic acids is 1. The van der Waals surface area contributed by atoms with E-state index in [2.05, 4.69) is 10.3 Å². The van der Waals surface area contributed by atoms with Crippen LogP contribution >= 0.6 is 11.3 Å². The molecule has 2 heterocycles. The van der Waals surface area contributed by atoms with E-state index in [1.165, 1.54) is 6.07 Å². The van der Waals surface area contributed by atoms with Gasteiger partial charge in [0.25, 0.3) is 5.91 Å². The van der Waals surface area contributed by atoms with Gasteiger partial charge in [-0.25, -0.2) is 4.79 Å². The summed E-state index contributed by atoms with van der Waals surface area (Å²) in [6, 6.07) is 5.32. The van der Waals surface area contributed by atoms with E-state index in [9.17, 15) is 9.59 Å². The van der Waals surface area contributed by atoms with Gasteiger partial charge in [-0.2, -0.15) is 0 Å². The monoisotopic (exact) mass is 330 g/mol. The lowest BCUT2D eigenvalue weighted by Crippen LogP contribution is -2.44. The summed E-state index contributed by atoms with van der Waals surface area (Å²) < 4.78 is 0. The summed E-state index contributed by atoms with van der Waals surface area (Å²) in [5.41, 5.74) is 1.06. The first-order valence-corrected chi connectivity index (χ1v) is 8.40. The van der Waals surface area contributed by atoms with Crippen molar-refractivity contribution in [2.45, 2.75) is 38.1 Å². The zero-order valence-electron chi connectivity index (χ0n) is 12.8. The van der Waals surface area contributed by atoms with Gasteiger partial charge in [0.15, 0.2) is 0 Å². The first-order valence-electron chi connectivity index (χ1n) is 7.58. The number of carbonyl (C=O) groups excluding carboxylic acids is 1. The van der Waals surface area contributed by atoms with Crippen molar-refractivity contribution in [2.24, 2.45) is 0 Å². The van der Waals surface area contributed by atoms with Crippen LogP contribution in [0.4, 0.5) is 0 Å². The van der Waals surface area contributed by atoms with E-state index in [4.69, 9.17) is 5.11 Å². The minimum atomic E-state index is -1.00. The molecule has 23 heavy (non-hydrogen) atoms. The number of nitrogens with one attached hydrogen (secondary N) is 1. The van der Waals surface area contributed by atoms with E-state index in [0.717, 1.165) is 47.5 Å². The van der Waals surface area contributed by atoms with Crippen LogP contribution < -0.4 is 5.32 Å². The van der Waals surface area contributed by atoms with Crippen LogP contribution in [0.2, 0.25) is 0 Å². The van der Waals surface area contributed by atoms with Crippen molar-refractivity contribution >= 4 is 23.2 Å². The Bertz CT molecular complexity index is 734. The average Bonchev–Trinajstić information content (AvgIpc) is 3.16. The normalized spacial score (nSPS) is 16.2. The summed E-state index contributed by atoms with van der Waals surface area (Å²) in [7, 11) is 0. The number of aromatic carboxylic acids is 1. The van der Waals surface area contributed by atoms with Crippen LogP contribution in [0.15, 0.2) is 30.6 Å². The van der Waals surface area contributed by atoms with Crippen molar-refractivity contribution < 1.29 is 14.7 Å². The van der Waals surface area contributed by atoms with E-state index < -0.39 is 11.5 Å². The number of pyridine rings is 1. The predicted molar refractivity (Wildman–Crippen MR) is 87.9 cm³/mol. The van der Waals surface area contributed by atoms with Gasteiger partial charge in [0.2, 0.25) is 0 Å². The maximum Gasteiger partial charge on any atom is 0.345 e. The van der Waals surface area contributed by atoms with E-state index in [1.54, 1.807) is 19.3 Å². The van der Waals surface area contributed by atoms with Gasteiger partial charge in [-0.15, -0.1) is 11.3 Å². The van der Waals surface area contributed by atoms with Crippen LogP contribution in [0.3, 0.4) is 0 Å². The summed E-state index contributed by atoms with van der Waals surface area (Å²) in [5.74, 6) is -1.21. The van der Waals surface area contributed by atoms with Crippen LogP contribution in [-0.2, 0) is 5.54 Å². The molecule has 0 aromatic carbocycles. The lowest BCUT2D eigenvalue weighted by molar-refractivity contribution is 0.0702. The van der Waals surface area contributed by atoms with E-state index >= 15 is 0 Å². The maximum absolute atomic E-state index is 12.7. The number of aromatic nitrogens is 1. The van der Waals surface area contributed by atoms with Gasteiger partial charge in [-0.05, 0) is 37.5 Å². The Balaban J connectivity index is 1.89. The highest BCUT2D eigenvalue weighted by molar-refractivity contribution is 7.14. The molecule has 1 aliphatic rings. The smallest absolute Gasteiger partial charge is 0.345 e. The molecular formula is C17H18N2O3S. The molecule has 0 radical (unpaired) electrons. The molecule has 6 heteroatoms. The predicted octanol–water partition coefficient (Wildman–Crippen LogP) is 3.35. The van der Waals surface area contributed by atoms with Gasteiger partial charge in [0, 0.05) is 17.3 Å². The third kappa shape index (κ3) is 2.99. The number of hydrogen-bond acceptors (Lipinski definition) is 4. The molecule has 3 rings (SSSR count). The highest BCUT2D eigenvalue weighted by atomic mass is 32.1. The number of hydrogen-bond donors (Lipinski definition) is 2. The zero-order chi connectivity index (χ0) is 16.4. The summed E-state index contributed by atoms with van der Waals surface area (Å²) in [6.45, 7) is 1.78. The second kappa shape index (κ2) is 6.12. The first kappa shape index (κ1) is 15.7. The molecule has 0 bridgehead atoms. The topological polar surface area (TPSA) is 79.3 Å². The van der Waals surface area contributed by atoms with Crippen molar-refractivity contribution in [1.29, 1.82) is 0 Å². The van der Waals surface area contributed by atoms with E-state index in [-0.39, 0.29) is 10.8 Å². The lowest BCUT2D eigenvalue weighted by atomic mass is 9.89. The number of carbonyl (C=O) groups is 2. The number of carboxylic acid groups (broad SMARTS) is 1. The van der Waals surface area contributed by atoms with Crippen LogP contribution in [0.5, 0.6) is 0 Å². The van der Waals surface area contributed by atoms with Crippen molar-refractivity contribution in [3.8, 4) is 0 Å². The average molecular weight is 330 g/mol. The largest absolute Gasteiger partial charge is 0.477 e. The van der Waals surface area contributed by atoms with Crippen LogP contribution in [0, 0.1) is 6.92 Å². The Kier molecular flexibility index (Phi) is 4.17. The maximum atomic E-state index is 12.7. The Labute approximate surface area is 138 Å². The number of rotatable bonds is 4. The van der Waals surface area contributed by atoms with Gasteiger partial charge in [0.05, 0.1) is 11.1 Å². The Morgan fingerprint density at radius 3 is 2.65 bits per heavy atom. The molecule has 0 spiro atoms. The fourth-order valence-corrected chi connectivity index (χ4v) is 4.06. The third-order valence-corrected chi connectivity index (χ3v) is 5.44. The molecule has 120 valence electrons. The second-order valence-electron chi connectivity index (χ2n) is 5.87. The van der Waals surface area contributed by atoms with Crippen molar-refractivity contribution in [1.82, 2.24) is 10.3 Å². The zero-order valence-corrected chi connectivity index (χ0v) is 13.7. The number of amides is 1.